The molecule has 1 amide bonds. The number of nitrogens with one attached hydrogen (secondary N) is 1. The zero-order valence-electron chi connectivity index (χ0n) is 15.2. The van der Waals surface area contributed by atoms with Crippen LogP contribution >= 0.6 is 0 Å². The van der Waals surface area contributed by atoms with Gasteiger partial charge in [-0.3, -0.25) is 4.79 Å². The summed E-state index contributed by atoms with van der Waals surface area (Å²) in [6.07, 6.45) is 3.04. The third-order valence-corrected chi connectivity index (χ3v) is 4.85. The zero-order valence-corrected chi connectivity index (χ0v) is 15.2. The quantitative estimate of drug-likeness (QED) is 0.574. The summed E-state index contributed by atoms with van der Waals surface area (Å²) in [7, 11) is 1.63. The first-order valence-electron chi connectivity index (χ1n) is 9.05. The van der Waals surface area contributed by atoms with Crippen LogP contribution in [0.5, 0.6) is 11.6 Å². The molecular formula is C20H18N4O4. The van der Waals surface area contributed by atoms with E-state index >= 15 is 0 Å². The van der Waals surface area contributed by atoms with Crippen molar-refractivity contribution in [2.45, 2.75) is 18.9 Å². The number of rotatable bonds is 5. The molecule has 8 nitrogen and oxygen atoms in total. The first-order valence-corrected chi connectivity index (χ1v) is 9.05. The number of fused-ring (bicyclic) bond motifs is 2. The lowest BCUT2D eigenvalue weighted by Gasteiger charge is -2.11. The molecule has 0 bridgehead atoms. The van der Waals surface area contributed by atoms with Gasteiger partial charge in [0.15, 0.2) is 11.4 Å². The number of amides is 1. The monoisotopic (exact) mass is 378 g/mol. The van der Waals surface area contributed by atoms with Crippen LogP contribution in [0.25, 0.3) is 28.1 Å². The first-order chi connectivity index (χ1) is 13.7. The number of nitrogens with zero attached hydrogens (tertiary/aromatic N) is 3. The maximum absolute atomic E-state index is 11.3. The molecule has 1 aliphatic rings. The Morgan fingerprint density at radius 1 is 1.32 bits per heavy atom. The highest BCUT2D eigenvalue weighted by Gasteiger charge is 2.21. The molecule has 0 aliphatic carbocycles. The average molecular weight is 378 g/mol. The molecule has 28 heavy (non-hydrogen) atoms. The Bertz CT molecular complexity index is 1180. The summed E-state index contributed by atoms with van der Waals surface area (Å²) in [5, 5.41) is 8.30. The molecule has 0 unspecified atom stereocenters. The molecule has 1 saturated heterocycles. The van der Waals surface area contributed by atoms with E-state index in [1.54, 1.807) is 23.9 Å². The number of methoxy groups -OCH3 is 1. The lowest BCUT2D eigenvalue weighted by atomic mass is 10.2. The number of imidazole rings is 1. The van der Waals surface area contributed by atoms with Gasteiger partial charge in [0.2, 0.25) is 11.8 Å². The van der Waals surface area contributed by atoms with Crippen molar-refractivity contribution < 1.29 is 18.7 Å². The fourth-order valence-corrected chi connectivity index (χ4v) is 3.43. The molecule has 4 heterocycles. The van der Waals surface area contributed by atoms with Gasteiger partial charge in [-0.1, -0.05) is 6.07 Å². The standard InChI is InChI=1S/C20H18N4O4/c1-26-15-3-2-4-16-13(15)9-17(28-16)14-10-21-18-6-8-20(23-24(14)18)27-11-12-5-7-19(25)22-12/h2-4,6,8-10,12H,5,7,11H2,1H3,(H,22,25)/t12-/m0/s1. The maximum Gasteiger partial charge on any atom is 0.231 e. The fraction of sp³-hybridized carbons (Fsp3) is 0.250. The van der Waals surface area contributed by atoms with E-state index in [1.807, 2.05) is 30.3 Å². The van der Waals surface area contributed by atoms with Crippen molar-refractivity contribution in [3.63, 3.8) is 0 Å². The van der Waals surface area contributed by atoms with Gasteiger partial charge in [0.25, 0.3) is 0 Å². The lowest BCUT2D eigenvalue weighted by Crippen LogP contribution is -2.31. The number of furan rings is 1. The number of aromatic nitrogens is 3. The average Bonchev–Trinajstić information content (AvgIpc) is 3.42. The highest BCUT2D eigenvalue weighted by atomic mass is 16.5. The van der Waals surface area contributed by atoms with Gasteiger partial charge in [0.05, 0.1) is 24.7 Å². The molecular weight excluding hydrogens is 360 g/mol. The molecule has 0 saturated carbocycles. The van der Waals surface area contributed by atoms with E-state index in [4.69, 9.17) is 13.9 Å². The number of benzene rings is 1. The van der Waals surface area contributed by atoms with Crippen LogP contribution in [0.2, 0.25) is 0 Å². The molecule has 3 aromatic heterocycles. The second kappa shape index (κ2) is 6.56. The van der Waals surface area contributed by atoms with Crippen molar-refractivity contribution >= 4 is 22.5 Å². The highest BCUT2D eigenvalue weighted by molar-refractivity contribution is 5.88. The Balaban J connectivity index is 1.47. The van der Waals surface area contributed by atoms with Gasteiger partial charge in [-0.05, 0) is 30.7 Å². The van der Waals surface area contributed by atoms with Gasteiger partial charge in [0.1, 0.15) is 23.6 Å². The van der Waals surface area contributed by atoms with Crippen LogP contribution in [0.4, 0.5) is 0 Å². The first kappa shape index (κ1) is 16.6. The Morgan fingerprint density at radius 3 is 3.07 bits per heavy atom. The number of ether oxygens (including phenoxy) is 2. The predicted octanol–water partition coefficient (Wildman–Crippen LogP) is 2.81. The van der Waals surface area contributed by atoms with Crippen LogP contribution in [0.15, 0.2) is 47.0 Å². The molecule has 142 valence electrons. The minimum Gasteiger partial charge on any atom is -0.496 e. The molecule has 5 rings (SSSR count). The van der Waals surface area contributed by atoms with Gasteiger partial charge >= 0.3 is 0 Å². The smallest absolute Gasteiger partial charge is 0.231 e. The van der Waals surface area contributed by atoms with Crippen molar-refractivity contribution in [1.29, 1.82) is 0 Å². The second-order valence-electron chi connectivity index (χ2n) is 6.68. The molecule has 0 radical (unpaired) electrons. The molecule has 1 aliphatic heterocycles. The van der Waals surface area contributed by atoms with E-state index in [0.717, 1.165) is 23.1 Å². The van der Waals surface area contributed by atoms with E-state index in [0.29, 0.717) is 36.0 Å². The van der Waals surface area contributed by atoms with Gasteiger partial charge in [-0.15, -0.1) is 5.10 Å². The number of hydrogen-bond donors (Lipinski definition) is 1. The normalized spacial score (nSPS) is 16.6. The third-order valence-electron chi connectivity index (χ3n) is 4.85. The molecule has 1 aromatic carbocycles. The predicted molar refractivity (Wildman–Crippen MR) is 101 cm³/mol. The lowest BCUT2D eigenvalue weighted by molar-refractivity contribution is -0.119. The van der Waals surface area contributed by atoms with Crippen LogP contribution in [0.1, 0.15) is 12.8 Å². The highest BCUT2D eigenvalue weighted by Crippen LogP contribution is 2.33. The van der Waals surface area contributed by atoms with Gasteiger partial charge < -0.3 is 19.2 Å². The minimum atomic E-state index is 0.0232. The second-order valence-corrected chi connectivity index (χ2v) is 6.68. The summed E-state index contributed by atoms with van der Waals surface area (Å²) in [5.74, 6) is 1.91. The van der Waals surface area contributed by atoms with E-state index in [2.05, 4.69) is 15.4 Å². The third kappa shape index (κ3) is 2.83. The molecule has 1 atom stereocenters. The molecule has 1 fully saturated rings. The van der Waals surface area contributed by atoms with E-state index in [1.165, 1.54) is 0 Å². The van der Waals surface area contributed by atoms with Crippen molar-refractivity contribution in [1.82, 2.24) is 19.9 Å². The van der Waals surface area contributed by atoms with Crippen molar-refractivity contribution in [3.8, 4) is 23.1 Å². The zero-order chi connectivity index (χ0) is 19.1. The van der Waals surface area contributed by atoms with Crippen molar-refractivity contribution in [2.24, 2.45) is 0 Å². The summed E-state index contributed by atoms with van der Waals surface area (Å²) < 4.78 is 18.9. The Morgan fingerprint density at radius 2 is 2.25 bits per heavy atom. The van der Waals surface area contributed by atoms with E-state index in [-0.39, 0.29) is 11.9 Å². The van der Waals surface area contributed by atoms with E-state index in [9.17, 15) is 4.79 Å². The Hall–Kier alpha value is -3.55. The minimum absolute atomic E-state index is 0.0232. The van der Waals surface area contributed by atoms with Crippen LogP contribution < -0.4 is 14.8 Å². The van der Waals surface area contributed by atoms with Crippen LogP contribution in [-0.2, 0) is 4.79 Å². The molecule has 1 N–H and O–H groups in total. The van der Waals surface area contributed by atoms with Crippen LogP contribution in [-0.4, -0.2) is 40.3 Å². The SMILES string of the molecule is COc1cccc2oc(-c3cnc4ccc(OC[C@@H]5CCC(=O)N5)nn34)cc12. The summed E-state index contributed by atoms with van der Waals surface area (Å²) in [6.45, 7) is 0.385. The van der Waals surface area contributed by atoms with Gasteiger partial charge in [-0.25, -0.2) is 9.50 Å². The maximum atomic E-state index is 11.3. The summed E-state index contributed by atoms with van der Waals surface area (Å²) in [6, 6.07) is 11.2. The number of carbonyl (C=O) groups excluding carboxylic acids is 1. The van der Waals surface area contributed by atoms with Crippen LogP contribution in [0, 0.1) is 0 Å². The van der Waals surface area contributed by atoms with Gasteiger partial charge in [0, 0.05) is 12.5 Å². The fourth-order valence-electron chi connectivity index (χ4n) is 3.43. The molecule has 0 spiro atoms. The molecule has 4 aromatic rings. The topological polar surface area (TPSA) is 90.9 Å². The Labute approximate surface area is 160 Å². The summed E-state index contributed by atoms with van der Waals surface area (Å²) >= 11 is 0. The van der Waals surface area contributed by atoms with Crippen molar-refractivity contribution in [2.75, 3.05) is 13.7 Å². The van der Waals surface area contributed by atoms with Crippen LogP contribution in [0.3, 0.4) is 0 Å². The molecule has 8 heteroatoms. The van der Waals surface area contributed by atoms with Gasteiger partial charge in [-0.2, -0.15) is 0 Å². The Kier molecular flexibility index (Phi) is 3.89. The van der Waals surface area contributed by atoms with E-state index < -0.39 is 0 Å². The largest absolute Gasteiger partial charge is 0.496 e. The van der Waals surface area contributed by atoms with Crippen molar-refractivity contribution in [3.05, 3.63) is 42.6 Å². The summed E-state index contributed by atoms with van der Waals surface area (Å²) in [4.78, 5) is 15.7. The summed E-state index contributed by atoms with van der Waals surface area (Å²) in [5.41, 5.74) is 2.13. The number of hydrogen-bond acceptors (Lipinski definition) is 6. The number of carbonyl (C=O) groups is 1.